The molecule has 1 aromatic carbocycles. The molecule has 31 heavy (non-hydrogen) atoms. The molecule has 3 aliphatic rings. The Morgan fingerprint density at radius 2 is 1.65 bits per heavy atom. The highest BCUT2D eigenvalue weighted by Gasteiger charge is 2.36. The van der Waals surface area contributed by atoms with Gasteiger partial charge < -0.3 is 9.80 Å². The number of carbonyl (C=O) groups excluding carboxylic acids is 1. The SMILES string of the molecule is O=C(c1ccc(C2CCCCC2)cc1)N1CC(N2CCN(c3ncccc3I)CC2)C1. The summed E-state index contributed by atoms with van der Waals surface area (Å²) in [4.78, 5) is 24.4. The highest BCUT2D eigenvalue weighted by Crippen LogP contribution is 2.33. The van der Waals surface area contributed by atoms with Gasteiger partial charge in [-0.15, -0.1) is 0 Å². The van der Waals surface area contributed by atoms with Crippen LogP contribution in [-0.2, 0) is 0 Å². The van der Waals surface area contributed by atoms with Crippen LogP contribution in [0.5, 0.6) is 0 Å². The van der Waals surface area contributed by atoms with Crippen molar-refractivity contribution in [2.45, 2.75) is 44.1 Å². The molecular weight excluding hydrogens is 499 g/mol. The second kappa shape index (κ2) is 9.45. The van der Waals surface area contributed by atoms with Crippen LogP contribution in [0.15, 0.2) is 42.6 Å². The van der Waals surface area contributed by atoms with E-state index in [0.29, 0.717) is 12.0 Å². The second-order valence-electron chi connectivity index (χ2n) is 9.15. The van der Waals surface area contributed by atoms with Crippen molar-refractivity contribution >= 4 is 34.3 Å². The summed E-state index contributed by atoms with van der Waals surface area (Å²) in [6.45, 7) is 5.78. The molecule has 1 saturated carbocycles. The standard InChI is InChI=1S/C25H31IN4O/c26-23-7-4-12-27-24(23)29-15-13-28(14-16-29)22-17-30(18-22)25(31)21-10-8-20(9-11-21)19-5-2-1-3-6-19/h4,7-12,19,22H,1-3,5-6,13-18H2. The van der Waals surface area contributed by atoms with Crippen LogP contribution < -0.4 is 4.90 Å². The van der Waals surface area contributed by atoms with Crippen LogP contribution in [0.25, 0.3) is 0 Å². The minimum absolute atomic E-state index is 0.188. The number of nitrogens with zero attached hydrogens (tertiary/aromatic N) is 4. The number of likely N-dealkylation sites (tertiary alicyclic amines) is 1. The first kappa shape index (κ1) is 21.2. The third kappa shape index (κ3) is 4.60. The molecule has 1 aliphatic carbocycles. The van der Waals surface area contributed by atoms with Gasteiger partial charge in [0.15, 0.2) is 0 Å². The van der Waals surface area contributed by atoms with E-state index in [1.54, 1.807) is 0 Å². The Balaban J connectivity index is 1.11. The number of hydrogen-bond donors (Lipinski definition) is 0. The Morgan fingerprint density at radius 3 is 2.32 bits per heavy atom. The summed E-state index contributed by atoms with van der Waals surface area (Å²) in [6, 6.07) is 13.1. The van der Waals surface area contributed by atoms with Crippen LogP contribution in [0.2, 0.25) is 0 Å². The number of hydrogen-bond acceptors (Lipinski definition) is 4. The Labute approximate surface area is 199 Å². The molecule has 0 unspecified atom stereocenters. The highest BCUT2D eigenvalue weighted by atomic mass is 127. The predicted octanol–water partition coefficient (Wildman–Crippen LogP) is 4.38. The zero-order valence-electron chi connectivity index (χ0n) is 18.0. The van der Waals surface area contributed by atoms with E-state index in [2.05, 4.69) is 55.6 Å². The first-order valence-corrected chi connectivity index (χ1v) is 12.8. The molecule has 5 nitrogen and oxygen atoms in total. The molecule has 164 valence electrons. The highest BCUT2D eigenvalue weighted by molar-refractivity contribution is 14.1. The normalized spacial score (nSPS) is 21.2. The number of anilines is 1. The van der Waals surface area contributed by atoms with E-state index in [1.807, 2.05) is 29.3 Å². The molecule has 0 N–H and O–H groups in total. The number of aromatic nitrogens is 1. The number of halogens is 1. The molecular formula is C25H31IN4O. The quantitative estimate of drug-likeness (QED) is 0.551. The summed E-state index contributed by atoms with van der Waals surface area (Å²) in [7, 11) is 0. The summed E-state index contributed by atoms with van der Waals surface area (Å²) >= 11 is 2.37. The Bertz CT molecular complexity index is 898. The van der Waals surface area contributed by atoms with Crippen LogP contribution >= 0.6 is 22.6 Å². The maximum absolute atomic E-state index is 12.9. The smallest absolute Gasteiger partial charge is 0.253 e. The van der Waals surface area contributed by atoms with E-state index in [1.165, 1.54) is 41.2 Å². The van der Waals surface area contributed by atoms with E-state index in [4.69, 9.17) is 0 Å². The topological polar surface area (TPSA) is 39.7 Å². The van der Waals surface area contributed by atoms with Crippen LogP contribution in [0.1, 0.15) is 53.9 Å². The molecule has 3 fully saturated rings. The van der Waals surface area contributed by atoms with Gasteiger partial charge in [-0.2, -0.15) is 0 Å². The predicted molar refractivity (Wildman–Crippen MR) is 133 cm³/mol. The van der Waals surface area contributed by atoms with Crippen molar-refractivity contribution in [3.63, 3.8) is 0 Å². The first-order valence-electron chi connectivity index (χ1n) is 11.7. The molecule has 2 aliphatic heterocycles. The van der Waals surface area contributed by atoms with Crippen LogP contribution in [-0.4, -0.2) is 66.0 Å². The second-order valence-corrected chi connectivity index (χ2v) is 10.3. The lowest BCUT2D eigenvalue weighted by Crippen LogP contribution is -2.64. The number of amides is 1. The summed E-state index contributed by atoms with van der Waals surface area (Å²) in [6.07, 6.45) is 8.54. The van der Waals surface area contributed by atoms with Gasteiger partial charge in [0, 0.05) is 57.1 Å². The fraction of sp³-hybridized carbons (Fsp3) is 0.520. The van der Waals surface area contributed by atoms with E-state index in [-0.39, 0.29) is 5.91 Å². The summed E-state index contributed by atoms with van der Waals surface area (Å²) in [5, 5.41) is 0. The molecule has 5 rings (SSSR count). The zero-order valence-corrected chi connectivity index (χ0v) is 20.2. The van der Waals surface area contributed by atoms with Crippen LogP contribution in [0, 0.1) is 3.57 Å². The van der Waals surface area contributed by atoms with E-state index >= 15 is 0 Å². The van der Waals surface area contributed by atoms with Crippen molar-refractivity contribution in [2.75, 3.05) is 44.2 Å². The number of rotatable bonds is 4. The number of benzene rings is 1. The van der Waals surface area contributed by atoms with Gasteiger partial charge in [-0.05, 0) is 71.2 Å². The lowest BCUT2D eigenvalue weighted by molar-refractivity contribution is 0.0246. The number of pyridine rings is 1. The van der Waals surface area contributed by atoms with Gasteiger partial charge in [-0.25, -0.2) is 4.98 Å². The van der Waals surface area contributed by atoms with Crippen molar-refractivity contribution in [1.29, 1.82) is 0 Å². The Morgan fingerprint density at radius 1 is 0.935 bits per heavy atom. The van der Waals surface area contributed by atoms with Crippen molar-refractivity contribution in [3.05, 3.63) is 57.3 Å². The fourth-order valence-electron chi connectivity index (χ4n) is 5.28. The largest absolute Gasteiger partial charge is 0.353 e. The maximum atomic E-state index is 12.9. The van der Waals surface area contributed by atoms with E-state index in [9.17, 15) is 4.79 Å². The Hall–Kier alpha value is -1.67. The zero-order chi connectivity index (χ0) is 21.2. The molecule has 0 bridgehead atoms. The number of carbonyl (C=O) groups is 1. The van der Waals surface area contributed by atoms with Crippen molar-refractivity contribution in [1.82, 2.24) is 14.8 Å². The van der Waals surface area contributed by atoms with E-state index < -0.39 is 0 Å². The average Bonchev–Trinajstić information content (AvgIpc) is 2.80. The van der Waals surface area contributed by atoms with E-state index in [0.717, 1.165) is 50.6 Å². The van der Waals surface area contributed by atoms with Gasteiger partial charge in [0.2, 0.25) is 0 Å². The molecule has 2 saturated heterocycles. The monoisotopic (exact) mass is 530 g/mol. The van der Waals surface area contributed by atoms with Gasteiger partial charge in [-0.1, -0.05) is 31.4 Å². The Kier molecular flexibility index (Phi) is 6.46. The van der Waals surface area contributed by atoms with Gasteiger partial charge in [0.05, 0.1) is 3.57 Å². The molecule has 0 spiro atoms. The third-order valence-electron chi connectivity index (χ3n) is 7.25. The van der Waals surface area contributed by atoms with Crippen LogP contribution in [0.4, 0.5) is 5.82 Å². The molecule has 0 atom stereocenters. The molecule has 3 heterocycles. The van der Waals surface area contributed by atoms with Crippen molar-refractivity contribution in [3.8, 4) is 0 Å². The molecule has 1 aromatic heterocycles. The lowest BCUT2D eigenvalue weighted by atomic mass is 9.84. The maximum Gasteiger partial charge on any atom is 0.253 e. The van der Waals surface area contributed by atoms with Crippen molar-refractivity contribution in [2.24, 2.45) is 0 Å². The van der Waals surface area contributed by atoms with Crippen LogP contribution in [0.3, 0.4) is 0 Å². The summed E-state index contributed by atoms with van der Waals surface area (Å²) < 4.78 is 1.21. The van der Waals surface area contributed by atoms with Gasteiger partial charge in [0.1, 0.15) is 5.82 Å². The summed E-state index contributed by atoms with van der Waals surface area (Å²) in [5.74, 6) is 1.98. The molecule has 6 heteroatoms. The minimum atomic E-state index is 0.188. The minimum Gasteiger partial charge on any atom is -0.353 e. The summed E-state index contributed by atoms with van der Waals surface area (Å²) in [5.41, 5.74) is 2.26. The average molecular weight is 530 g/mol. The molecule has 1 amide bonds. The van der Waals surface area contributed by atoms with Gasteiger partial charge >= 0.3 is 0 Å². The third-order valence-corrected chi connectivity index (χ3v) is 8.09. The molecule has 0 radical (unpaired) electrons. The van der Waals surface area contributed by atoms with Crippen molar-refractivity contribution < 1.29 is 4.79 Å². The lowest BCUT2D eigenvalue weighted by Gasteiger charge is -2.48. The number of piperazine rings is 1. The van der Waals surface area contributed by atoms with Gasteiger partial charge in [-0.3, -0.25) is 9.69 Å². The molecule has 2 aromatic rings. The van der Waals surface area contributed by atoms with Gasteiger partial charge in [0.25, 0.3) is 5.91 Å². The first-order chi connectivity index (χ1) is 15.2. The fourth-order valence-corrected chi connectivity index (χ4v) is 5.97.